The van der Waals surface area contributed by atoms with Crippen LogP contribution in [0.2, 0.25) is 0 Å². The van der Waals surface area contributed by atoms with Crippen LogP contribution in [0.3, 0.4) is 0 Å². The molecule has 1 aliphatic rings. The van der Waals surface area contributed by atoms with E-state index in [2.05, 4.69) is 20.9 Å². The molecular formula is C24H23BrF4N2O2. The summed E-state index contributed by atoms with van der Waals surface area (Å²) in [5.41, 5.74) is -0.629. The number of imidazole rings is 1. The molecule has 0 aliphatic heterocycles. The normalized spacial score (nSPS) is 15.3. The molecule has 0 bridgehead atoms. The summed E-state index contributed by atoms with van der Waals surface area (Å²) in [7, 11) is 0. The van der Waals surface area contributed by atoms with E-state index >= 15 is 0 Å². The molecule has 4 rings (SSSR count). The molecule has 9 heteroatoms. The molecule has 1 aliphatic carbocycles. The quantitative estimate of drug-likeness (QED) is 0.204. The zero-order valence-corrected chi connectivity index (χ0v) is 20.0. The Morgan fingerprint density at radius 3 is 2.48 bits per heavy atom. The van der Waals surface area contributed by atoms with E-state index in [0.29, 0.717) is 29.7 Å². The molecule has 33 heavy (non-hydrogen) atoms. The molecule has 2 aromatic carbocycles. The number of aromatic nitrogens is 2. The van der Waals surface area contributed by atoms with Gasteiger partial charge in [0.15, 0.2) is 0 Å². The average Bonchev–Trinajstić information content (AvgIpc) is 3.42. The summed E-state index contributed by atoms with van der Waals surface area (Å²) >= 11 is 2.95. The number of nitrogens with zero attached hydrogens (tertiary/aromatic N) is 2. The van der Waals surface area contributed by atoms with Gasteiger partial charge in [-0.25, -0.2) is 27.3 Å². The lowest BCUT2D eigenvalue weighted by Gasteiger charge is -2.20. The zero-order valence-electron chi connectivity index (χ0n) is 18.4. The minimum atomic E-state index is -2.53. The minimum absolute atomic E-state index is 0.00566. The van der Waals surface area contributed by atoms with Crippen LogP contribution in [-0.2, 0) is 17.7 Å². The van der Waals surface area contributed by atoms with Crippen molar-refractivity contribution in [1.82, 2.24) is 9.55 Å². The van der Waals surface area contributed by atoms with E-state index in [1.54, 1.807) is 43.5 Å². The fraction of sp³-hybridized carbons (Fsp3) is 0.417. The second-order valence-corrected chi connectivity index (χ2v) is 10.4. The molecule has 4 nitrogen and oxygen atoms in total. The second-order valence-electron chi connectivity index (χ2n) is 9.52. The summed E-state index contributed by atoms with van der Waals surface area (Å²) in [6.07, 6.45) is -1.90. The van der Waals surface area contributed by atoms with Gasteiger partial charge in [0.1, 0.15) is 23.1 Å². The van der Waals surface area contributed by atoms with Crippen molar-refractivity contribution in [3.05, 3.63) is 63.4 Å². The predicted octanol–water partition coefficient (Wildman–Crippen LogP) is 6.67. The predicted molar refractivity (Wildman–Crippen MR) is 119 cm³/mol. The number of rotatable bonds is 6. The van der Waals surface area contributed by atoms with Gasteiger partial charge in [-0.3, -0.25) is 0 Å². The fourth-order valence-corrected chi connectivity index (χ4v) is 4.05. The molecule has 1 saturated carbocycles. The van der Waals surface area contributed by atoms with Crippen LogP contribution in [0, 0.1) is 17.0 Å². The molecule has 0 radical (unpaired) electrons. The summed E-state index contributed by atoms with van der Waals surface area (Å²) in [4.78, 5) is 17.1. The number of halogens is 5. The Kier molecular flexibility index (Phi) is 6.05. The minimum Gasteiger partial charge on any atom is -0.456 e. The molecule has 0 amide bonds. The van der Waals surface area contributed by atoms with Crippen molar-refractivity contribution in [2.45, 2.75) is 58.6 Å². The highest BCUT2D eigenvalue weighted by atomic mass is 79.9. The number of carbonyl (C=O) groups excluding carboxylic acids is 1. The number of esters is 1. The molecule has 0 spiro atoms. The molecule has 0 N–H and O–H groups in total. The first kappa shape index (κ1) is 23.7. The lowest BCUT2D eigenvalue weighted by Crippen LogP contribution is -2.24. The first-order valence-electron chi connectivity index (χ1n) is 10.5. The molecule has 1 aromatic heterocycles. The maximum Gasteiger partial charge on any atom is 0.338 e. The van der Waals surface area contributed by atoms with Gasteiger partial charge in [0.05, 0.1) is 21.1 Å². The Labute approximate surface area is 197 Å². The Hall–Kier alpha value is -2.42. The molecule has 3 aromatic rings. The number of ether oxygens (including phenoxy) is 1. The van der Waals surface area contributed by atoms with Gasteiger partial charge in [0.2, 0.25) is 6.43 Å². The first-order valence-corrected chi connectivity index (χ1v) is 11.3. The van der Waals surface area contributed by atoms with Gasteiger partial charge in [0.25, 0.3) is 0 Å². The van der Waals surface area contributed by atoms with Crippen LogP contribution >= 0.6 is 15.9 Å². The fourth-order valence-electron chi connectivity index (χ4n) is 3.74. The van der Waals surface area contributed by atoms with Gasteiger partial charge in [-0.05, 0) is 85.4 Å². The number of hydrogen-bond donors (Lipinski definition) is 0. The van der Waals surface area contributed by atoms with Crippen molar-refractivity contribution < 1.29 is 27.1 Å². The third-order valence-corrected chi connectivity index (χ3v) is 6.34. The van der Waals surface area contributed by atoms with Gasteiger partial charge in [0, 0.05) is 18.4 Å². The molecule has 176 valence electrons. The van der Waals surface area contributed by atoms with E-state index in [4.69, 9.17) is 4.74 Å². The summed E-state index contributed by atoms with van der Waals surface area (Å²) in [6, 6.07) is 6.81. The van der Waals surface area contributed by atoms with E-state index < -0.39 is 35.0 Å². The van der Waals surface area contributed by atoms with Crippen LogP contribution in [0.25, 0.3) is 11.0 Å². The van der Waals surface area contributed by atoms with Crippen LogP contribution in [0.15, 0.2) is 34.8 Å². The lowest BCUT2D eigenvalue weighted by molar-refractivity contribution is 0.00694. The van der Waals surface area contributed by atoms with E-state index in [1.807, 2.05) is 0 Å². The van der Waals surface area contributed by atoms with E-state index in [9.17, 15) is 22.4 Å². The van der Waals surface area contributed by atoms with Gasteiger partial charge >= 0.3 is 5.97 Å². The van der Waals surface area contributed by atoms with Crippen molar-refractivity contribution >= 4 is 32.9 Å². The van der Waals surface area contributed by atoms with E-state index in [1.165, 1.54) is 0 Å². The molecular weight excluding hydrogens is 504 g/mol. The van der Waals surface area contributed by atoms with Gasteiger partial charge in [-0.2, -0.15) is 0 Å². The largest absolute Gasteiger partial charge is 0.456 e. The monoisotopic (exact) mass is 526 g/mol. The highest BCUT2D eigenvalue weighted by molar-refractivity contribution is 9.10. The number of benzene rings is 2. The van der Waals surface area contributed by atoms with Crippen LogP contribution < -0.4 is 0 Å². The number of carbonyl (C=O) groups is 1. The summed E-state index contributed by atoms with van der Waals surface area (Å²) < 4.78 is 63.1. The smallest absolute Gasteiger partial charge is 0.338 e. The third-order valence-electron chi connectivity index (χ3n) is 5.73. The lowest BCUT2D eigenvalue weighted by atomic mass is 10.1. The summed E-state index contributed by atoms with van der Waals surface area (Å²) in [6.45, 7) is 5.21. The second kappa shape index (κ2) is 8.42. The molecule has 0 atom stereocenters. The van der Waals surface area contributed by atoms with Crippen LogP contribution in [0.4, 0.5) is 17.6 Å². The van der Waals surface area contributed by atoms with Crippen LogP contribution in [0.5, 0.6) is 0 Å². The topological polar surface area (TPSA) is 44.1 Å². The molecule has 0 unspecified atom stereocenters. The number of hydrogen-bond acceptors (Lipinski definition) is 3. The van der Waals surface area contributed by atoms with E-state index in [0.717, 1.165) is 12.1 Å². The Balaban J connectivity index is 1.79. The summed E-state index contributed by atoms with van der Waals surface area (Å²) in [5.74, 6) is -1.49. The zero-order chi connectivity index (χ0) is 24.1. The van der Waals surface area contributed by atoms with Crippen molar-refractivity contribution in [2.24, 2.45) is 5.41 Å². The Bertz CT molecular complexity index is 1230. The van der Waals surface area contributed by atoms with Crippen molar-refractivity contribution in [3.8, 4) is 0 Å². The standard InChI is InChI=1S/C24H23BrF4N2O2/c1-23(2,3)33-21(32)13-4-5-18-19(9-13)31(12-24(6-7-24)22(28)29)20(30-18)10-14-8-17(27)15(25)11-16(14)26/h4-5,8-9,11,22H,6-7,10,12H2,1-3H3. The van der Waals surface area contributed by atoms with Gasteiger partial charge in [-0.15, -0.1) is 0 Å². The molecule has 1 heterocycles. The number of alkyl halides is 2. The van der Waals surface area contributed by atoms with Crippen LogP contribution in [0.1, 0.15) is 55.4 Å². The Morgan fingerprint density at radius 1 is 1.18 bits per heavy atom. The average molecular weight is 527 g/mol. The third kappa shape index (κ3) is 4.93. The summed E-state index contributed by atoms with van der Waals surface area (Å²) in [5, 5.41) is 0. The molecule has 1 fully saturated rings. The van der Waals surface area contributed by atoms with Gasteiger partial charge in [-0.1, -0.05) is 0 Å². The highest BCUT2D eigenvalue weighted by Gasteiger charge is 2.51. The SMILES string of the molecule is CC(C)(C)OC(=O)c1ccc2nc(Cc3cc(F)c(Br)cc3F)n(CC3(C(F)F)CC3)c2c1. The first-order chi connectivity index (χ1) is 15.4. The molecule has 0 saturated heterocycles. The van der Waals surface area contributed by atoms with Crippen LogP contribution in [-0.4, -0.2) is 27.5 Å². The van der Waals surface area contributed by atoms with Crippen molar-refractivity contribution in [3.63, 3.8) is 0 Å². The highest BCUT2D eigenvalue weighted by Crippen LogP contribution is 2.52. The van der Waals surface area contributed by atoms with E-state index in [-0.39, 0.29) is 28.6 Å². The van der Waals surface area contributed by atoms with Gasteiger partial charge < -0.3 is 9.30 Å². The maximum atomic E-state index is 14.5. The van der Waals surface area contributed by atoms with Crippen molar-refractivity contribution in [2.75, 3.05) is 0 Å². The number of fused-ring (bicyclic) bond motifs is 1. The van der Waals surface area contributed by atoms with Crippen molar-refractivity contribution in [1.29, 1.82) is 0 Å². The Morgan fingerprint density at radius 2 is 1.88 bits per heavy atom. The maximum absolute atomic E-state index is 14.5.